The van der Waals surface area contributed by atoms with Crippen LogP contribution in [-0.2, 0) is 15.8 Å². The zero-order chi connectivity index (χ0) is 24.8. The highest BCUT2D eigenvalue weighted by Crippen LogP contribution is 2.43. The first-order valence-corrected chi connectivity index (χ1v) is 11.3. The van der Waals surface area contributed by atoms with Gasteiger partial charge in [0.15, 0.2) is 5.13 Å². The number of Topliss-reactive ketones (excluding diaryl/α,β-unsaturated/α-hetero) is 1. The molecule has 1 aliphatic heterocycles. The van der Waals surface area contributed by atoms with E-state index in [2.05, 4.69) is 4.98 Å². The van der Waals surface area contributed by atoms with Crippen molar-refractivity contribution < 1.29 is 27.9 Å². The van der Waals surface area contributed by atoms with Crippen molar-refractivity contribution in [2.75, 3.05) is 4.90 Å². The van der Waals surface area contributed by atoms with E-state index in [-0.39, 0.29) is 22.2 Å². The van der Waals surface area contributed by atoms with E-state index in [4.69, 9.17) is 0 Å². The van der Waals surface area contributed by atoms with Gasteiger partial charge in [0.2, 0.25) is 0 Å². The zero-order valence-electron chi connectivity index (χ0n) is 18.6. The largest absolute Gasteiger partial charge is 0.507 e. The lowest BCUT2D eigenvalue weighted by Gasteiger charge is -2.23. The first-order valence-electron chi connectivity index (χ1n) is 10.5. The number of hydrogen-bond donors (Lipinski definition) is 1. The third-order valence-corrected chi connectivity index (χ3v) is 6.58. The van der Waals surface area contributed by atoms with Crippen molar-refractivity contribution in [2.24, 2.45) is 0 Å². The Morgan fingerprint density at radius 3 is 2.18 bits per heavy atom. The third kappa shape index (κ3) is 4.23. The fourth-order valence-corrected chi connectivity index (χ4v) is 4.62. The summed E-state index contributed by atoms with van der Waals surface area (Å²) in [5, 5.41) is 11.3. The van der Waals surface area contributed by atoms with Crippen molar-refractivity contribution in [1.29, 1.82) is 0 Å². The van der Waals surface area contributed by atoms with E-state index < -0.39 is 35.2 Å². The predicted molar refractivity (Wildman–Crippen MR) is 124 cm³/mol. The van der Waals surface area contributed by atoms with E-state index in [9.17, 15) is 27.9 Å². The summed E-state index contributed by atoms with van der Waals surface area (Å²) in [5.41, 5.74) is 0.544. The quantitative estimate of drug-likeness (QED) is 0.270. The molecule has 9 heteroatoms. The third-order valence-electron chi connectivity index (χ3n) is 5.66. The molecule has 1 amide bonds. The monoisotopic (exact) mass is 486 g/mol. The van der Waals surface area contributed by atoms with Gasteiger partial charge in [-0.05, 0) is 36.1 Å². The number of amides is 1. The van der Waals surface area contributed by atoms with Crippen LogP contribution in [0, 0.1) is 6.92 Å². The molecule has 5 nitrogen and oxygen atoms in total. The lowest BCUT2D eigenvalue weighted by Crippen LogP contribution is -2.29. The number of aromatic nitrogens is 1. The molecule has 1 fully saturated rings. The molecule has 176 valence electrons. The molecule has 2 aromatic carbocycles. The van der Waals surface area contributed by atoms with Crippen LogP contribution in [0.1, 0.15) is 52.9 Å². The van der Waals surface area contributed by atoms with Crippen LogP contribution in [0.2, 0.25) is 0 Å². The van der Waals surface area contributed by atoms with Crippen LogP contribution in [-0.4, -0.2) is 21.8 Å². The summed E-state index contributed by atoms with van der Waals surface area (Å²) in [6.07, 6.45) is -3.00. The molecule has 0 bridgehead atoms. The van der Waals surface area contributed by atoms with Crippen molar-refractivity contribution in [1.82, 2.24) is 4.98 Å². The molecule has 1 saturated heterocycles. The van der Waals surface area contributed by atoms with E-state index in [1.54, 1.807) is 19.1 Å². The second-order valence-corrected chi connectivity index (χ2v) is 9.53. The number of halogens is 3. The number of benzene rings is 2. The maximum Gasteiger partial charge on any atom is 0.416 e. The summed E-state index contributed by atoms with van der Waals surface area (Å²) in [7, 11) is 0. The molecule has 0 aliphatic carbocycles. The normalized spacial score (nSPS) is 18.2. The molecule has 1 unspecified atom stereocenters. The Labute approximate surface area is 198 Å². The summed E-state index contributed by atoms with van der Waals surface area (Å²) in [4.78, 5) is 32.2. The Balaban J connectivity index is 1.88. The maximum absolute atomic E-state index is 13.1. The van der Waals surface area contributed by atoms with Crippen LogP contribution in [0.3, 0.4) is 0 Å². The number of rotatable bonds is 4. The molecule has 0 saturated carbocycles. The SMILES string of the molecule is Cc1cnc(N2C(=O)C(=O)C(=C(O)c3ccc(C(C)C)cc3)C2c2ccc(C(F)(F)F)cc2)s1. The van der Waals surface area contributed by atoms with Gasteiger partial charge in [-0.25, -0.2) is 4.98 Å². The van der Waals surface area contributed by atoms with Crippen molar-refractivity contribution in [3.05, 3.63) is 87.4 Å². The topological polar surface area (TPSA) is 70.5 Å². The van der Waals surface area contributed by atoms with Crippen LogP contribution in [0.25, 0.3) is 5.76 Å². The van der Waals surface area contributed by atoms with Crippen molar-refractivity contribution >= 4 is 33.9 Å². The van der Waals surface area contributed by atoms with Gasteiger partial charge in [-0.2, -0.15) is 13.2 Å². The summed E-state index contributed by atoms with van der Waals surface area (Å²) >= 11 is 1.17. The molecule has 0 spiro atoms. The minimum atomic E-state index is -4.54. The highest BCUT2D eigenvalue weighted by atomic mass is 32.1. The van der Waals surface area contributed by atoms with Crippen molar-refractivity contribution in [3.8, 4) is 0 Å². The van der Waals surface area contributed by atoms with Gasteiger partial charge in [-0.1, -0.05) is 50.2 Å². The average Bonchev–Trinajstić information content (AvgIpc) is 3.33. The van der Waals surface area contributed by atoms with Crippen LogP contribution < -0.4 is 4.90 Å². The second-order valence-electron chi connectivity index (χ2n) is 8.32. The minimum absolute atomic E-state index is 0.199. The van der Waals surface area contributed by atoms with Gasteiger partial charge in [-0.15, -0.1) is 11.3 Å². The number of aliphatic hydroxyl groups is 1. The molecule has 34 heavy (non-hydrogen) atoms. The van der Waals surface area contributed by atoms with Crippen molar-refractivity contribution in [2.45, 2.75) is 38.9 Å². The number of aryl methyl sites for hydroxylation is 1. The Bertz CT molecular complexity index is 1280. The summed E-state index contributed by atoms with van der Waals surface area (Å²) < 4.78 is 39.3. The standard InChI is InChI=1S/C25H21F3N2O3S/c1-13(2)15-4-6-17(7-5-15)21(31)19-20(16-8-10-18(11-9-16)25(26,27)28)30(23(33)22(19)32)24-29-12-14(3)34-24/h4-13,20,31H,1-3H3. The van der Waals surface area contributed by atoms with E-state index in [1.165, 1.54) is 29.7 Å². The molecular weight excluding hydrogens is 465 g/mol. The number of carbonyl (C=O) groups is 2. The molecule has 4 rings (SSSR count). The first-order chi connectivity index (χ1) is 16.0. The van der Waals surface area contributed by atoms with E-state index in [1.807, 2.05) is 26.0 Å². The van der Waals surface area contributed by atoms with E-state index >= 15 is 0 Å². The number of hydrogen-bond acceptors (Lipinski definition) is 5. The van der Waals surface area contributed by atoms with Gasteiger partial charge in [0.1, 0.15) is 5.76 Å². The first kappa shape index (κ1) is 23.7. The molecule has 1 aromatic heterocycles. The molecular formula is C25H21F3N2O3S. The van der Waals surface area contributed by atoms with Crippen LogP contribution in [0.4, 0.5) is 18.3 Å². The lowest BCUT2D eigenvalue weighted by molar-refractivity contribution is -0.137. The highest BCUT2D eigenvalue weighted by molar-refractivity contribution is 7.15. The van der Waals surface area contributed by atoms with Crippen LogP contribution >= 0.6 is 11.3 Å². The fourth-order valence-electron chi connectivity index (χ4n) is 3.84. The van der Waals surface area contributed by atoms with Gasteiger partial charge in [0.05, 0.1) is 17.2 Å². The molecule has 1 N–H and O–H groups in total. The number of ketones is 1. The van der Waals surface area contributed by atoms with Gasteiger partial charge in [0.25, 0.3) is 5.78 Å². The maximum atomic E-state index is 13.1. The number of thiazole rings is 1. The Hall–Kier alpha value is -3.46. The summed E-state index contributed by atoms with van der Waals surface area (Å²) in [5.74, 6) is -1.97. The number of anilines is 1. The predicted octanol–water partition coefficient (Wildman–Crippen LogP) is 6.22. The smallest absolute Gasteiger partial charge is 0.416 e. The molecule has 3 aromatic rings. The Kier molecular flexibility index (Phi) is 6.07. The molecule has 2 heterocycles. The lowest BCUT2D eigenvalue weighted by atomic mass is 9.94. The average molecular weight is 487 g/mol. The minimum Gasteiger partial charge on any atom is -0.507 e. The van der Waals surface area contributed by atoms with E-state index in [0.717, 1.165) is 27.5 Å². The summed E-state index contributed by atoms with van der Waals surface area (Å²) in [6, 6.07) is 9.99. The molecule has 1 atom stereocenters. The van der Waals surface area contributed by atoms with Gasteiger partial charge >= 0.3 is 12.1 Å². The highest BCUT2D eigenvalue weighted by Gasteiger charge is 2.48. The van der Waals surface area contributed by atoms with Crippen molar-refractivity contribution in [3.63, 3.8) is 0 Å². The Morgan fingerprint density at radius 2 is 1.68 bits per heavy atom. The second kappa shape index (κ2) is 8.72. The number of nitrogens with zero attached hydrogens (tertiary/aromatic N) is 2. The van der Waals surface area contributed by atoms with E-state index in [0.29, 0.717) is 5.56 Å². The van der Waals surface area contributed by atoms with Gasteiger partial charge in [0, 0.05) is 16.6 Å². The van der Waals surface area contributed by atoms with Crippen LogP contribution in [0.5, 0.6) is 0 Å². The number of carbonyl (C=O) groups excluding carboxylic acids is 2. The van der Waals surface area contributed by atoms with Crippen LogP contribution in [0.15, 0.2) is 60.3 Å². The zero-order valence-corrected chi connectivity index (χ0v) is 19.4. The molecule has 1 aliphatic rings. The number of alkyl halides is 3. The van der Waals surface area contributed by atoms with Gasteiger partial charge in [-0.3, -0.25) is 14.5 Å². The number of aliphatic hydroxyl groups excluding tert-OH is 1. The van der Waals surface area contributed by atoms with Gasteiger partial charge < -0.3 is 5.11 Å². The molecule has 0 radical (unpaired) electrons. The summed E-state index contributed by atoms with van der Waals surface area (Å²) in [6.45, 7) is 5.81. The Morgan fingerprint density at radius 1 is 1.06 bits per heavy atom. The fraction of sp³-hybridized carbons (Fsp3) is 0.240.